The summed E-state index contributed by atoms with van der Waals surface area (Å²) in [6.45, 7) is -1.12. The highest BCUT2D eigenvalue weighted by atomic mass is 32.1. The van der Waals surface area contributed by atoms with E-state index >= 15 is 0 Å². The van der Waals surface area contributed by atoms with Gasteiger partial charge in [-0.05, 0) is 18.6 Å². The molecule has 2 nitrogen and oxygen atoms in total. The molecule has 0 heterocycles. The lowest BCUT2D eigenvalue weighted by Gasteiger charge is -2.23. The summed E-state index contributed by atoms with van der Waals surface area (Å²) in [5, 5.41) is 0. The van der Waals surface area contributed by atoms with Crippen molar-refractivity contribution in [3.63, 3.8) is 0 Å². The molecule has 1 aliphatic rings. The molecule has 0 atom stereocenters. The lowest BCUT2D eigenvalue weighted by molar-refractivity contribution is -0.162. The molecule has 0 aromatic rings. The van der Waals surface area contributed by atoms with E-state index in [-0.39, 0.29) is 12.5 Å². The van der Waals surface area contributed by atoms with Gasteiger partial charge in [0.1, 0.15) is 6.54 Å². The second-order valence-corrected chi connectivity index (χ2v) is 3.79. The van der Waals surface area contributed by atoms with Crippen LogP contribution in [0, 0.1) is 0 Å². The summed E-state index contributed by atoms with van der Waals surface area (Å²) in [5.74, 6) is -0.153. The van der Waals surface area contributed by atoms with Gasteiger partial charge in [-0.25, -0.2) is 0 Å². The van der Waals surface area contributed by atoms with Gasteiger partial charge < -0.3 is 4.90 Å². The fourth-order valence-electron chi connectivity index (χ4n) is 1.24. The molecule has 1 fully saturated rings. The molecule has 0 radical (unpaired) electrons. The Morgan fingerprint density at radius 1 is 1.43 bits per heavy atom. The van der Waals surface area contributed by atoms with Crippen LogP contribution in [-0.4, -0.2) is 35.3 Å². The molecule has 0 aliphatic heterocycles. The molecule has 6 heteroatoms. The number of rotatable bonds is 4. The van der Waals surface area contributed by atoms with Crippen LogP contribution in [0.3, 0.4) is 0 Å². The number of thiol groups is 1. The van der Waals surface area contributed by atoms with Gasteiger partial charge in [-0.15, -0.1) is 0 Å². The maximum atomic E-state index is 12.1. The molecule has 0 N–H and O–H groups in total. The fraction of sp³-hybridized carbons (Fsp3) is 0.875. The number of nitrogens with zero attached hydrogens (tertiary/aromatic N) is 1. The van der Waals surface area contributed by atoms with E-state index in [4.69, 9.17) is 0 Å². The van der Waals surface area contributed by atoms with Crippen LogP contribution in [0.15, 0.2) is 0 Å². The van der Waals surface area contributed by atoms with Gasteiger partial charge in [0.25, 0.3) is 0 Å². The maximum Gasteiger partial charge on any atom is 0.406 e. The van der Waals surface area contributed by atoms with Crippen LogP contribution in [-0.2, 0) is 4.79 Å². The summed E-state index contributed by atoms with van der Waals surface area (Å²) >= 11 is 3.83. The van der Waals surface area contributed by atoms with Crippen LogP contribution >= 0.6 is 12.6 Å². The van der Waals surface area contributed by atoms with Crippen LogP contribution in [0.25, 0.3) is 0 Å². The zero-order valence-corrected chi connectivity index (χ0v) is 8.44. The molecular weight excluding hydrogens is 215 g/mol. The predicted molar refractivity (Wildman–Crippen MR) is 49.3 cm³/mol. The van der Waals surface area contributed by atoms with Crippen LogP contribution in [0.5, 0.6) is 0 Å². The monoisotopic (exact) mass is 227 g/mol. The van der Waals surface area contributed by atoms with Crippen LogP contribution < -0.4 is 0 Å². The van der Waals surface area contributed by atoms with Gasteiger partial charge in [0.2, 0.25) is 5.91 Å². The lowest BCUT2D eigenvalue weighted by atomic mass is 10.3. The third kappa shape index (κ3) is 3.77. The Morgan fingerprint density at radius 2 is 2.00 bits per heavy atom. The van der Waals surface area contributed by atoms with E-state index in [1.165, 1.54) is 0 Å². The minimum atomic E-state index is -4.30. The number of halogens is 3. The first-order chi connectivity index (χ1) is 6.44. The quantitative estimate of drug-likeness (QED) is 0.727. The minimum absolute atomic E-state index is 0.0791. The van der Waals surface area contributed by atoms with E-state index in [0.717, 1.165) is 4.90 Å². The van der Waals surface area contributed by atoms with Crippen LogP contribution in [0.4, 0.5) is 13.2 Å². The second-order valence-electron chi connectivity index (χ2n) is 3.34. The standard InChI is InChI=1S/C8H12F3NOS/c9-8(10,11)5-12(6-1-2-6)7(13)3-4-14/h6,14H,1-5H2. The summed E-state index contributed by atoms with van der Waals surface area (Å²) in [5.41, 5.74) is 0. The molecule has 0 aromatic heterocycles. The first-order valence-corrected chi connectivity index (χ1v) is 5.04. The Balaban J connectivity index is 2.51. The van der Waals surface area contributed by atoms with E-state index in [1.54, 1.807) is 0 Å². The number of carbonyl (C=O) groups excluding carboxylic acids is 1. The lowest BCUT2D eigenvalue weighted by Crippen LogP contribution is -2.40. The van der Waals surface area contributed by atoms with Crippen molar-refractivity contribution >= 4 is 18.5 Å². The Bertz CT molecular complexity index is 215. The molecule has 82 valence electrons. The Labute approximate surface area is 85.9 Å². The second kappa shape index (κ2) is 4.42. The van der Waals surface area contributed by atoms with Crippen molar-refractivity contribution in [2.45, 2.75) is 31.5 Å². The summed E-state index contributed by atoms with van der Waals surface area (Å²) in [6, 6.07) is -0.191. The summed E-state index contributed by atoms with van der Waals surface area (Å²) in [7, 11) is 0. The molecule has 14 heavy (non-hydrogen) atoms. The normalized spacial score (nSPS) is 16.9. The molecule has 0 bridgehead atoms. The topological polar surface area (TPSA) is 20.3 Å². The van der Waals surface area contributed by atoms with Gasteiger partial charge in [-0.3, -0.25) is 4.79 Å². The molecule has 1 saturated carbocycles. The molecule has 1 aliphatic carbocycles. The summed E-state index contributed by atoms with van der Waals surface area (Å²) in [6.07, 6.45) is -2.84. The first kappa shape index (κ1) is 11.7. The molecular formula is C8H12F3NOS. The van der Waals surface area contributed by atoms with Crippen molar-refractivity contribution < 1.29 is 18.0 Å². The maximum absolute atomic E-state index is 12.1. The highest BCUT2D eigenvalue weighted by molar-refractivity contribution is 7.80. The third-order valence-corrected chi connectivity index (χ3v) is 2.21. The third-order valence-electron chi connectivity index (χ3n) is 1.98. The van der Waals surface area contributed by atoms with E-state index in [2.05, 4.69) is 12.6 Å². The molecule has 0 saturated heterocycles. The number of amides is 1. The molecule has 0 aromatic carbocycles. The first-order valence-electron chi connectivity index (χ1n) is 4.41. The smallest absolute Gasteiger partial charge is 0.331 e. The summed E-state index contributed by atoms with van der Waals surface area (Å²) < 4.78 is 36.2. The molecule has 1 amide bonds. The molecule has 0 unspecified atom stereocenters. The Hall–Kier alpha value is -0.390. The number of hydrogen-bond acceptors (Lipinski definition) is 2. The average Bonchev–Trinajstić information content (AvgIpc) is 2.81. The van der Waals surface area contributed by atoms with Gasteiger partial charge in [0.15, 0.2) is 0 Å². The van der Waals surface area contributed by atoms with Gasteiger partial charge >= 0.3 is 6.18 Å². The van der Waals surface area contributed by atoms with E-state index in [1.807, 2.05) is 0 Å². The van der Waals surface area contributed by atoms with Crippen molar-refractivity contribution in [1.82, 2.24) is 4.90 Å². The van der Waals surface area contributed by atoms with Gasteiger partial charge in [-0.1, -0.05) is 0 Å². The van der Waals surface area contributed by atoms with Gasteiger partial charge in [0.05, 0.1) is 0 Å². The van der Waals surface area contributed by atoms with Crippen LogP contribution in [0.2, 0.25) is 0 Å². The molecule has 1 rings (SSSR count). The number of carbonyl (C=O) groups is 1. The van der Waals surface area contributed by atoms with Crippen molar-refractivity contribution in [3.05, 3.63) is 0 Å². The fourth-order valence-corrected chi connectivity index (χ4v) is 1.43. The van der Waals surface area contributed by atoms with E-state index in [0.29, 0.717) is 18.6 Å². The van der Waals surface area contributed by atoms with E-state index < -0.39 is 18.6 Å². The summed E-state index contributed by atoms with van der Waals surface area (Å²) in [4.78, 5) is 12.2. The van der Waals surface area contributed by atoms with Gasteiger partial charge in [0, 0.05) is 12.5 Å². The molecule has 0 spiro atoms. The van der Waals surface area contributed by atoms with Crippen molar-refractivity contribution in [1.29, 1.82) is 0 Å². The number of hydrogen-bond donors (Lipinski definition) is 1. The highest BCUT2D eigenvalue weighted by Gasteiger charge is 2.40. The zero-order chi connectivity index (χ0) is 10.8. The minimum Gasteiger partial charge on any atom is -0.331 e. The zero-order valence-electron chi connectivity index (χ0n) is 7.55. The SMILES string of the molecule is O=C(CCS)N(CC(F)(F)F)C1CC1. The average molecular weight is 227 g/mol. The highest BCUT2D eigenvalue weighted by Crippen LogP contribution is 2.30. The largest absolute Gasteiger partial charge is 0.406 e. The van der Waals surface area contributed by atoms with Gasteiger partial charge in [-0.2, -0.15) is 25.8 Å². The van der Waals surface area contributed by atoms with E-state index in [9.17, 15) is 18.0 Å². The Kier molecular flexibility index (Phi) is 3.69. The number of alkyl halides is 3. The Morgan fingerprint density at radius 3 is 2.36 bits per heavy atom. The van der Waals surface area contributed by atoms with Crippen molar-refractivity contribution in [3.8, 4) is 0 Å². The predicted octanol–water partition coefficient (Wildman–Crippen LogP) is 1.86. The van der Waals surface area contributed by atoms with Crippen molar-refractivity contribution in [2.24, 2.45) is 0 Å². The van der Waals surface area contributed by atoms with Crippen molar-refractivity contribution in [2.75, 3.05) is 12.3 Å². The van der Waals surface area contributed by atoms with Crippen LogP contribution in [0.1, 0.15) is 19.3 Å².